The zero-order valence-corrected chi connectivity index (χ0v) is 26.0. The number of anilines is 1. The predicted octanol–water partition coefficient (Wildman–Crippen LogP) is 4.17. The average molecular weight is 625 g/mol. The van der Waals surface area contributed by atoms with Crippen molar-refractivity contribution in [1.82, 2.24) is 14.5 Å². The Hall–Kier alpha value is -3.71. The highest BCUT2D eigenvalue weighted by atomic mass is 32.2. The molecule has 5 rings (SSSR count). The van der Waals surface area contributed by atoms with Crippen LogP contribution in [-0.2, 0) is 10.0 Å². The summed E-state index contributed by atoms with van der Waals surface area (Å²) in [4.78, 5) is 33.9. The highest BCUT2D eigenvalue weighted by Crippen LogP contribution is 2.40. The van der Waals surface area contributed by atoms with E-state index in [0.717, 1.165) is 49.7 Å². The Balaban J connectivity index is 1.42. The van der Waals surface area contributed by atoms with Gasteiger partial charge in [0, 0.05) is 39.3 Å². The van der Waals surface area contributed by atoms with E-state index in [9.17, 15) is 18.0 Å². The van der Waals surface area contributed by atoms with E-state index >= 15 is 0 Å². The first-order valence-corrected chi connectivity index (χ1v) is 16.5. The summed E-state index contributed by atoms with van der Waals surface area (Å²) in [6, 6.07) is 13.3. The molecule has 1 atom stereocenters. The van der Waals surface area contributed by atoms with Gasteiger partial charge < -0.3 is 14.4 Å². The standard InChI is InChI=1S/C31H36N4O6S2/c1-4-15-33-16-18-34(19-17-33)25-9-5-8-23-29(25)31(37)35(30(23)36)24(22-12-13-26(40-2)27(21-22)41-3)10-6-14-32-43(38,39)28-11-7-20-42-28/h4-5,7-9,11-13,20-21,24,32H,1,6,10,14-19H2,2-3H3/t24-/m1/s1. The Bertz CT molecular complexity index is 1580. The van der Waals surface area contributed by atoms with Gasteiger partial charge in [0.05, 0.1) is 37.1 Å². The van der Waals surface area contributed by atoms with E-state index < -0.39 is 16.1 Å². The van der Waals surface area contributed by atoms with Crippen molar-refractivity contribution >= 4 is 38.9 Å². The van der Waals surface area contributed by atoms with Crippen molar-refractivity contribution in [3.8, 4) is 11.5 Å². The van der Waals surface area contributed by atoms with Crippen LogP contribution in [0.4, 0.5) is 5.69 Å². The number of carbonyl (C=O) groups is 2. The van der Waals surface area contributed by atoms with E-state index in [1.54, 1.807) is 35.7 Å². The summed E-state index contributed by atoms with van der Waals surface area (Å²) in [6.07, 6.45) is 2.61. The molecule has 228 valence electrons. The molecule has 0 saturated carbocycles. The van der Waals surface area contributed by atoms with Crippen molar-refractivity contribution in [3.63, 3.8) is 0 Å². The summed E-state index contributed by atoms with van der Waals surface area (Å²) in [5, 5.41) is 1.71. The molecule has 0 radical (unpaired) electrons. The SMILES string of the molecule is C=CCN1CCN(c2cccc3c2C(=O)N([C@H](CCCNS(=O)(=O)c2cccs2)c2ccc(OC)c(OC)c2)C3=O)CC1. The Kier molecular flexibility index (Phi) is 9.50. The molecule has 0 spiro atoms. The van der Waals surface area contributed by atoms with Gasteiger partial charge in [0.25, 0.3) is 11.8 Å². The predicted molar refractivity (Wildman–Crippen MR) is 167 cm³/mol. The van der Waals surface area contributed by atoms with Crippen molar-refractivity contribution in [1.29, 1.82) is 0 Å². The van der Waals surface area contributed by atoms with E-state index in [2.05, 4.69) is 21.1 Å². The van der Waals surface area contributed by atoms with Crippen LogP contribution < -0.4 is 19.1 Å². The molecule has 2 aliphatic heterocycles. The molecule has 3 heterocycles. The maximum absolute atomic E-state index is 14.2. The van der Waals surface area contributed by atoms with Gasteiger partial charge in [-0.25, -0.2) is 13.1 Å². The lowest BCUT2D eigenvalue weighted by Crippen LogP contribution is -2.46. The van der Waals surface area contributed by atoms with E-state index in [4.69, 9.17) is 9.47 Å². The van der Waals surface area contributed by atoms with Gasteiger partial charge in [-0.2, -0.15) is 0 Å². The summed E-state index contributed by atoms with van der Waals surface area (Å²) in [7, 11) is -0.573. The number of ether oxygens (including phenoxy) is 2. The third kappa shape index (κ3) is 6.32. The number of carbonyl (C=O) groups excluding carboxylic acids is 2. The molecule has 3 aromatic rings. The number of imide groups is 1. The molecule has 0 unspecified atom stereocenters. The number of benzene rings is 2. The summed E-state index contributed by atoms with van der Waals surface area (Å²) < 4.78 is 39.1. The zero-order valence-electron chi connectivity index (χ0n) is 24.3. The van der Waals surface area contributed by atoms with Crippen molar-refractivity contribution in [3.05, 3.63) is 83.3 Å². The van der Waals surface area contributed by atoms with Crippen molar-refractivity contribution in [2.45, 2.75) is 23.1 Å². The number of rotatable bonds is 13. The van der Waals surface area contributed by atoms with E-state index in [1.165, 1.54) is 19.1 Å². The molecule has 43 heavy (non-hydrogen) atoms. The number of piperazine rings is 1. The van der Waals surface area contributed by atoms with Crippen LogP contribution in [0.1, 0.15) is 45.2 Å². The lowest BCUT2D eigenvalue weighted by Gasteiger charge is -2.36. The fraction of sp³-hybridized carbons (Fsp3) is 0.355. The Morgan fingerprint density at radius 3 is 2.44 bits per heavy atom. The van der Waals surface area contributed by atoms with E-state index in [1.807, 2.05) is 24.3 Å². The second-order valence-corrected chi connectivity index (χ2v) is 13.3. The number of nitrogens with zero attached hydrogens (tertiary/aromatic N) is 3. The molecule has 12 heteroatoms. The van der Waals surface area contributed by atoms with Crippen LogP contribution in [0.3, 0.4) is 0 Å². The first kappa shape index (κ1) is 30.7. The fourth-order valence-electron chi connectivity index (χ4n) is 5.68. The highest BCUT2D eigenvalue weighted by molar-refractivity contribution is 7.91. The largest absolute Gasteiger partial charge is 0.493 e. The summed E-state index contributed by atoms with van der Waals surface area (Å²) >= 11 is 1.14. The smallest absolute Gasteiger partial charge is 0.264 e. The topological polar surface area (TPSA) is 108 Å². The second kappa shape index (κ2) is 13.3. The average Bonchev–Trinajstić information content (AvgIpc) is 3.66. The van der Waals surface area contributed by atoms with Gasteiger partial charge in [-0.1, -0.05) is 24.3 Å². The molecule has 1 saturated heterocycles. The normalized spacial score (nSPS) is 16.3. The number of nitrogens with one attached hydrogen (secondary N) is 1. The zero-order chi connectivity index (χ0) is 30.6. The number of hydrogen-bond donors (Lipinski definition) is 1. The van der Waals surface area contributed by atoms with Gasteiger partial charge in [-0.3, -0.25) is 19.4 Å². The minimum absolute atomic E-state index is 0.146. The minimum atomic E-state index is -3.64. The summed E-state index contributed by atoms with van der Waals surface area (Å²) in [5.74, 6) is 0.265. The van der Waals surface area contributed by atoms with Crippen LogP contribution in [0, 0.1) is 0 Å². The molecule has 0 bridgehead atoms. The van der Waals surface area contributed by atoms with E-state index in [0.29, 0.717) is 41.0 Å². The van der Waals surface area contributed by atoms with Crippen LogP contribution in [0.15, 0.2) is 70.8 Å². The van der Waals surface area contributed by atoms with Gasteiger partial charge in [0.2, 0.25) is 10.0 Å². The Morgan fingerprint density at radius 2 is 1.77 bits per heavy atom. The summed E-state index contributed by atoms with van der Waals surface area (Å²) in [6.45, 7) is 7.90. The second-order valence-electron chi connectivity index (χ2n) is 10.4. The lowest BCUT2D eigenvalue weighted by molar-refractivity contribution is 0.0572. The molecule has 0 aliphatic carbocycles. The molecule has 2 aliphatic rings. The maximum atomic E-state index is 14.2. The Morgan fingerprint density at radius 1 is 1.00 bits per heavy atom. The van der Waals surface area contributed by atoms with Crippen LogP contribution in [0.25, 0.3) is 0 Å². The van der Waals surface area contributed by atoms with E-state index in [-0.39, 0.29) is 22.6 Å². The van der Waals surface area contributed by atoms with Crippen LogP contribution in [-0.4, -0.2) is 83.5 Å². The number of thiophene rings is 1. The van der Waals surface area contributed by atoms with Gasteiger partial charge in [-0.15, -0.1) is 17.9 Å². The molecule has 1 N–H and O–H groups in total. The molecule has 1 fully saturated rings. The molecule has 1 aromatic heterocycles. The number of methoxy groups -OCH3 is 2. The molecular weight excluding hydrogens is 588 g/mol. The van der Waals surface area contributed by atoms with Gasteiger partial charge in [0.1, 0.15) is 4.21 Å². The number of fused-ring (bicyclic) bond motifs is 1. The van der Waals surface area contributed by atoms with Crippen molar-refractivity contribution in [2.75, 3.05) is 58.4 Å². The quantitative estimate of drug-likeness (QED) is 0.172. The van der Waals surface area contributed by atoms with Gasteiger partial charge in [0.15, 0.2) is 11.5 Å². The minimum Gasteiger partial charge on any atom is -0.493 e. The summed E-state index contributed by atoms with van der Waals surface area (Å²) in [5.41, 5.74) is 2.23. The lowest BCUT2D eigenvalue weighted by atomic mass is 9.99. The highest BCUT2D eigenvalue weighted by Gasteiger charge is 2.43. The number of sulfonamides is 1. The number of amides is 2. The molecule has 2 aromatic carbocycles. The van der Waals surface area contributed by atoms with Crippen LogP contribution in [0.2, 0.25) is 0 Å². The molecule has 10 nitrogen and oxygen atoms in total. The number of hydrogen-bond acceptors (Lipinski definition) is 9. The Labute approximate surface area is 256 Å². The first-order chi connectivity index (χ1) is 20.8. The first-order valence-electron chi connectivity index (χ1n) is 14.1. The third-order valence-corrected chi connectivity index (χ3v) is 10.7. The maximum Gasteiger partial charge on any atom is 0.264 e. The van der Waals surface area contributed by atoms with Gasteiger partial charge >= 0.3 is 0 Å². The van der Waals surface area contributed by atoms with Crippen LogP contribution >= 0.6 is 11.3 Å². The fourth-order valence-corrected chi connectivity index (χ4v) is 7.79. The monoisotopic (exact) mass is 624 g/mol. The molecule has 2 amide bonds. The van der Waals surface area contributed by atoms with Crippen molar-refractivity contribution < 1.29 is 27.5 Å². The van der Waals surface area contributed by atoms with Crippen molar-refractivity contribution in [2.24, 2.45) is 0 Å². The third-order valence-electron chi connectivity index (χ3n) is 7.84. The van der Waals surface area contributed by atoms with Gasteiger partial charge in [-0.05, 0) is 54.1 Å². The molecular formula is C31H36N4O6S2. The van der Waals surface area contributed by atoms with Crippen LogP contribution in [0.5, 0.6) is 11.5 Å².